The molecule has 1 aliphatic carbocycles. The smallest absolute Gasteiger partial charge is 0.0233 e. The Morgan fingerprint density at radius 2 is 1.80 bits per heavy atom. The van der Waals surface area contributed by atoms with Crippen molar-refractivity contribution < 1.29 is 0 Å². The molecular formula is C14H21N. The summed E-state index contributed by atoms with van der Waals surface area (Å²) in [5.74, 6) is 0. The van der Waals surface area contributed by atoms with Gasteiger partial charge in [-0.05, 0) is 37.6 Å². The lowest BCUT2D eigenvalue weighted by atomic mass is 9.93. The van der Waals surface area contributed by atoms with Crippen LogP contribution in [0.1, 0.15) is 26.7 Å². The minimum Gasteiger partial charge on any atom is -0.302 e. The third-order valence-electron chi connectivity index (χ3n) is 3.27. The summed E-state index contributed by atoms with van der Waals surface area (Å²) in [5.41, 5.74) is 3.27. The molecule has 82 valence electrons. The molecule has 0 aromatic heterocycles. The second-order valence-corrected chi connectivity index (χ2v) is 5.38. The fourth-order valence-corrected chi connectivity index (χ4v) is 2.21. The highest BCUT2D eigenvalue weighted by atomic mass is 15.1. The molecule has 0 N–H and O–H groups in total. The van der Waals surface area contributed by atoms with Crippen LogP contribution in [-0.2, 0) is 0 Å². The Kier molecular flexibility index (Phi) is 2.83. The fraction of sp³-hybridized carbons (Fsp3) is 0.571. The van der Waals surface area contributed by atoms with Gasteiger partial charge in [-0.15, -0.1) is 0 Å². The summed E-state index contributed by atoms with van der Waals surface area (Å²) in [5, 5.41) is 0. The van der Waals surface area contributed by atoms with E-state index in [1.165, 1.54) is 25.0 Å². The standard InChI is InChI=1S/C14H21N/c1-14(2)8-6-12-5-4-10-15(3)11-13(12)7-9-14/h6-9H,4-5,10-11H2,1-3H3. The Morgan fingerprint density at radius 1 is 1.13 bits per heavy atom. The van der Waals surface area contributed by atoms with Crippen molar-refractivity contribution in [2.45, 2.75) is 26.7 Å². The van der Waals surface area contributed by atoms with E-state index in [-0.39, 0.29) is 5.41 Å². The zero-order chi connectivity index (χ0) is 10.9. The summed E-state index contributed by atoms with van der Waals surface area (Å²) < 4.78 is 0. The molecule has 0 spiro atoms. The minimum atomic E-state index is 0.213. The number of likely N-dealkylation sites (N-methyl/N-ethyl adjacent to an activating group) is 1. The van der Waals surface area contributed by atoms with Crippen LogP contribution in [0.25, 0.3) is 0 Å². The average molecular weight is 203 g/mol. The van der Waals surface area contributed by atoms with Gasteiger partial charge in [-0.25, -0.2) is 0 Å². The monoisotopic (exact) mass is 203 g/mol. The largest absolute Gasteiger partial charge is 0.302 e. The zero-order valence-electron chi connectivity index (χ0n) is 10.1. The summed E-state index contributed by atoms with van der Waals surface area (Å²) in [4.78, 5) is 2.42. The molecule has 15 heavy (non-hydrogen) atoms. The van der Waals surface area contributed by atoms with Gasteiger partial charge in [0.2, 0.25) is 0 Å². The van der Waals surface area contributed by atoms with Gasteiger partial charge < -0.3 is 4.90 Å². The quantitative estimate of drug-likeness (QED) is 0.584. The van der Waals surface area contributed by atoms with E-state index in [1.54, 1.807) is 5.57 Å². The summed E-state index contributed by atoms with van der Waals surface area (Å²) in [6, 6.07) is 0. The molecule has 0 radical (unpaired) electrons. The molecule has 0 fully saturated rings. The molecule has 2 rings (SSSR count). The van der Waals surface area contributed by atoms with Crippen molar-refractivity contribution in [2.24, 2.45) is 5.41 Å². The van der Waals surface area contributed by atoms with Gasteiger partial charge >= 0.3 is 0 Å². The Hall–Kier alpha value is -0.820. The maximum Gasteiger partial charge on any atom is 0.0233 e. The molecule has 0 atom stereocenters. The lowest BCUT2D eigenvalue weighted by Gasteiger charge is -2.15. The third-order valence-corrected chi connectivity index (χ3v) is 3.27. The third kappa shape index (κ3) is 2.60. The van der Waals surface area contributed by atoms with Crippen LogP contribution in [0.2, 0.25) is 0 Å². The first kappa shape index (κ1) is 10.7. The van der Waals surface area contributed by atoms with Gasteiger partial charge in [-0.3, -0.25) is 0 Å². The summed E-state index contributed by atoms with van der Waals surface area (Å²) in [7, 11) is 2.21. The average Bonchev–Trinajstić information content (AvgIpc) is 2.40. The van der Waals surface area contributed by atoms with Gasteiger partial charge in [-0.2, -0.15) is 0 Å². The van der Waals surface area contributed by atoms with Crippen molar-refractivity contribution in [3.63, 3.8) is 0 Å². The first-order valence-corrected chi connectivity index (χ1v) is 5.86. The Bertz CT molecular complexity index is 331. The van der Waals surface area contributed by atoms with Gasteiger partial charge in [0.15, 0.2) is 0 Å². The highest BCUT2D eigenvalue weighted by molar-refractivity contribution is 5.39. The molecule has 0 unspecified atom stereocenters. The molecule has 0 bridgehead atoms. The van der Waals surface area contributed by atoms with Gasteiger partial charge in [-0.1, -0.05) is 38.2 Å². The number of rotatable bonds is 0. The van der Waals surface area contributed by atoms with Crippen LogP contribution in [0.3, 0.4) is 0 Å². The lowest BCUT2D eigenvalue weighted by molar-refractivity contribution is 0.368. The highest BCUT2D eigenvalue weighted by Gasteiger charge is 2.16. The second kappa shape index (κ2) is 3.97. The van der Waals surface area contributed by atoms with E-state index in [2.05, 4.69) is 50.1 Å². The predicted octanol–water partition coefficient (Wildman–Crippen LogP) is 3.16. The molecular weight excluding hydrogens is 182 g/mol. The Morgan fingerprint density at radius 3 is 2.53 bits per heavy atom. The second-order valence-electron chi connectivity index (χ2n) is 5.38. The molecule has 1 nitrogen and oxygen atoms in total. The van der Waals surface area contributed by atoms with Crippen LogP contribution < -0.4 is 0 Å². The van der Waals surface area contributed by atoms with E-state index in [0.29, 0.717) is 0 Å². The first-order chi connectivity index (χ1) is 7.07. The molecule has 1 aliphatic heterocycles. The van der Waals surface area contributed by atoms with E-state index in [4.69, 9.17) is 0 Å². The number of allylic oxidation sites excluding steroid dienone is 4. The van der Waals surface area contributed by atoms with Crippen molar-refractivity contribution in [3.05, 3.63) is 35.5 Å². The Balaban J connectivity index is 2.29. The van der Waals surface area contributed by atoms with Gasteiger partial charge in [0, 0.05) is 12.0 Å². The number of nitrogens with zero attached hydrogens (tertiary/aromatic N) is 1. The fourth-order valence-electron chi connectivity index (χ4n) is 2.21. The Labute approximate surface area is 93.2 Å². The normalized spacial score (nSPS) is 26.1. The molecule has 0 saturated carbocycles. The number of hydrogen-bond acceptors (Lipinski definition) is 1. The minimum absolute atomic E-state index is 0.213. The molecule has 0 saturated heterocycles. The lowest BCUT2D eigenvalue weighted by Crippen LogP contribution is -2.20. The zero-order valence-corrected chi connectivity index (χ0v) is 10.1. The molecule has 2 aliphatic rings. The van der Waals surface area contributed by atoms with Crippen molar-refractivity contribution in [1.82, 2.24) is 4.90 Å². The summed E-state index contributed by atoms with van der Waals surface area (Å²) in [6.45, 7) is 6.84. The van der Waals surface area contributed by atoms with Crippen molar-refractivity contribution in [3.8, 4) is 0 Å². The van der Waals surface area contributed by atoms with Crippen LogP contribution in [0.15, 0.2) is 35.5 Å². The molecule has 0 amide bonds. The maximum atomic E-state index is 2.42. The molecule has 1 heteroatoms. The molecule has 0 aromatic rings. The topological polar surface area (TPSA) is 3.24 Å². The van der Waals surface area contributed by atoms with Crippen molar-refractivity contribution in [1.29, 1.82) is 0 Å². The van der Waals surface area contributed by atoms with Crippen LogP contribution in [0, 0.1) is 5.41 Å². The first-order valence-electron chi connectivity index (χ1n) is 5.86. The van der Waals surface area contributed by atoms with Gasteiger partial charge in [0.1, 0.15) is 0 Å². The van der Waals surface area contributed by atoms with Crippen LogP contribution in [-0.4, -0.2) is 25.0 Å². The number of hydrogen-bond donors (Lipinski definition) is 0. The van der Waals surface area contributed by atoms with Crippen LogP contribution >= 0.6 is 0 Å². The van der Waals surface area contributed by atoms with Gasteiger partial charge in [0.25, 0.3) is 0 Å². The van der Waals surface area contributed by atoms with Gasteiger partial charge in [0.05, 0.1) is 0 Å². The molecule has 0 aromatic carbocycles. The summed E-state index contributed by atoms with van der Waals surface area (Å²) in [6.07, 6.45) is 11.8. The van der Waals surface area contributed by atoms with Crippen LogP contribution in [0.5, 0.6) is 0 Å². The van der Waals surface area contributed by atoms with E-state index in [1.807, 2.05) is 0 Å². The molecule has 1 heterocycles. The van der Waals surface area contributed by atoms with Crippen molar-refractivity contribution in [2.75, 3.05) is 20.1 Å². The SMILES string of the molecule is CN1CCCC2=C(C=CC(C)(C)C=C2)C1. The highest BCUT2D eigenvalue weighted by Crippen LogP contribution is 2.28. The van der Waals surface area contributed by atoms with E-state index >= 15 is 0 Å². The van der Waals surface area contributed by atoms with E-state index < -0.39 is 0 Å². The summed E-state index contributed by atoms with van der Waals surface area (Å²) >= 11 is 0. The van der Waals surface area contributed by atoms with Crippen LogP contribution in [0.4, 0.5) is 0 Å². The van der Waals surface area contributed by atoms with E-state index in [0.717, 1.165) is 6.54 Å². The van der Waals surface area contributed by atoms with Crippen molar-refractivity contribution >= 4 is 0 Å². The predicted molar refractivity (Wildman–Crippen MR) is 65.8 cm³/mol. The maximum absolute atomic E-state index is 2.42. The van der Waals surface area contributed by atoms with E-state index in [9.17, 15) is 0 Å².